The summed E-state index contributed by atoms with van der Waals surface area (Å²) in [7, 11) is 0. The monoisotopic (exact) mass is 450 g/mol. The zero-order valence-corrected chi connectivity index (χ0v) is 19.0. The van der Waals surface area contributed by atoms with E-state index in [1.807, 2.05) is 24.3 Å². The van der Waals surface area contributed by atoms with Crippen molar-refractivity contribution in [2.24, 2.45) is 35.5 Å². The fourth-order valence-corrected chi connectivity index (χ4v) is 7.93. The number of ketones is 4. The molecular formula is C30H26O4. The number of fused-ring (bicyclic) bond motifs is 5. The molecule has 34 heavy (non-hydrogen) atoms. The van der Waals surface area contributed by atoms with Gasteiger partial charge in [-0.3, -0.25) is 19.2 Å². The lowest BCUT2D eigenvalue weighted by atomic mass is 9.53. The van der Waals surface area contributed by atoms with Crippen LogP contribution < -0.4 is 0 Å². The smallest absolute Gasteiger partial charge is 0.190 e. The average Bonchev–Trinajstić information content (AvgIpc) is 2.87. The van der Waals surface area contributed by atoms with Crippen LogP contribution in [0.15, 0.2) is 59.7 Å². The highest BCUT2D eigenvalue weighted by atomic mass is 16.1. The Morgan fingerprint density at radius 3 is 1.26 bits per heavy atom. The molecule has 5 aliphatic carbocycles. The molecular weight excluding hydrogens is 424 g/mol. The van der Waals surface area contributed by atoms with Crippen molar-refractivity contribution in [2.45, 2.75) is 38.5 Å². The molecule has 0 aromatic heterocycles. The summed E-state index contributed by atoms with van der Waals surface area (Å²) in [6.45, 7) is 0. The Morgan fingerprint density at radius 2 is 0.853 bits per heavy atom. The summed E-state index contributed by atoms with van der Waals surface area (Å²) >= 11 is 0. The number of allylic oxidation sites excluding steroid dienone is 2. The van der Waals surface area contributed by atoms with Crippen LogP contribution in [0.2, 0.25) is 0 Å². The van der Waals surface area contributed by atoms with Gasteiger partial charge in [0.1, 0.15) is 0 Å². The predicted octanol–water partition coefficient (Wildman–Crippen LogP) is 5.52. The molecule has 0 saturated heterocycles. The van der Waals surface area contributed by atoms with Gasteiger partial charge < -0.3 is 0 Å². The number of Topliss-reactive ketones (excluding diaryl/α,β-unsaturated/α-hetero) is 4. The molecule has 7 rings (SSSR count). The number of benzene rings is 2. The first kappa shape index (κ1) is 20.3. The van der Waals surface area contributed by atoms with Gasteiger partial charge in [-0.15, -0.1) is 0 Å². The van der Waals surface area contributed by atoms with Crippen LogP contribution in [0.5, 0.6) is 0 Å². The highest BCUT2D eigenvalue weighted by molar-refractivity contribution is 6.27. The lowest BCUT2D eigenvalue weighted by molar-refractivity contribution is 0.0195. The van der Waals surface area contributed by atoms with Crippen molar-refractivity contribution in [3.63, 3.8) is 0 Å². The van der Waals surface area contributed by atoms with Crippen LogP contribution in [0.3, 0.4) is 0 Å². The van der Waals surface area contributed by atoms with Crippen LogP contribution in [0.4, 0.5) is 0 Å². The van der Waals surface area contributed by atoms with E-state index in [2.05, 4.69) is 0 Å². The van der Waals surface area contributed by atoms with Crippen molar-refractivity contribution in [1.29, 1.82) is 0 Å². The minimum absolute atomic E-state index is 0.0270. The Morgan fingerprint density at radius 1 is 0.471 bits per heavy atom. The van der Waals surface area contributed by atoms with Gasteiger partial charge in [0.2, 0.25) is 0 Å². The largest absolute Gasteiger partial charge is 0.294 e. The SMILES string of the molecule is O=C1C2=C(CC3CC4CC5C(=O)c6ccccc6C(=O)C5CC4CC3C2)C(=O)c2ccccc21. The van der Waals surface area contributed by atoms with Gasteiger partial charge in [-0.05, 0) is 62.2 Å². The van der Waals surface area contributed by atoms with Crippen molar-refractivity contribution < 1.29 is 19.2 Å². The Hall–Kier alpha value is -3.14. The summed E-state index contributed by atoms with van der Waals surface area (Å²) in [5.74, 6) is 1.49. The molecule has 0 amide bonds. The third-order valence-electron chi connectivity index (χ3n) is 9.54. The number of hydrogen-bond acceptors (Lipinski definition) is 4. The molecule has 0 aliphatic heterocycles. The standard InChI is InChI=1S/C30H26O4/c31-27-19-5-1-2-6-20(19)28(32)24-12-16-10-18-14-26-25(13-17(18)9-15(16)11-23(24)27)29(33)21-7-3-4-8-22(21)30(26)34/h1-8,15-18,23-24H,9-14H2. The molecule has 0 radical (unpaired) electrons. The van der Waals surface area contributed by atoms with Crippen molar-refractivity contribution >= 4 is 23.1 Å². The van der Waals surface area contributed by atoms with Crippen molar-refractivity contribution in [2.75, 3.05) is 0 Å². The summed E-state index contributed by atoms with van der Waals surface area (Å²) in [5, 5.41) is 0. The maximum atomic E-state index is 13.3. The first-order valence-corrected chi connectivity index (χ1v) is 12.6. The first-order valence-electron chi connectivity index (χ1n) is 12.6. The zero-order valence-electron chi connectivity index (χ0n) is 19.0. The van der Waals surface area contributed by atoms with Crippen LogP contribution in [-0.4, -0.2) is 23.1 Å². The van der Waals surface area contributed by atoms with Crippen molar-refractivity contribution in [3.05, 3.63) is 81.9 Å². The second-order valence-corrected chi connectivity index (χ2v) is 11.0. The molecule has 2 saturated carbocycles. The van der Waals surface area contributed by atoms with E-state index in [1.54, 1.807) is 24.3 Å². The second kappa shape index (κ2) is 7.18. The molecule has 0 spiro atoms. The van der Waals surface area contributed by atoms with Gasteiger partial charge in [0.15, 0.2) is 23.1 Å². The topological polar surface area (TPSA) is 68.3 Å². The molecule has 4 nitrogen and oxygen atoms in total. The molecule has 4 heteroatoms. The fraction of sp³-hybridized carbons (Fsp3) is 0.400. The van der Waals surface area contributed by atoms with E-state index >= 15 is 0 Å². The van der Waals surface area contributed by atoms with Gasteiger partial charge in [0, 0.05) is 45.2 Å². The maximum absolute atomic E-state index is 13.3. The molecule has 0 bridgehead atoms. The van der Waals surface area contributed by atoms with Gasteiger partial charge in [-0.25, -0.2) is 0 Å². The highest BCUT2D eigenvalue weighted by Crippen LogP contribution is 2.55. The van der Waals surface area contributed by atoms with Crippen LogP contribution in [0.1, 0.15) is 80.0 Å². The van der Waals surface area contributed by atoms with Crippen LogP contribution in [0.25, 0.3) is 0 Å². The van der Waals surface area contributed by atoms with Gasteiger partial charge in [0.05, 0.1) is 0 Å². The lowest BCUT2D eigenvalue weighted by Gasteiger charge is -2.50. The molecule has 2 fully saturated rings. The van der Waals surface area contributed by atoms with Crippen LogP contribution >= 0.6 is 0 Å². The normalized spacial score (nSPS) is 33.9. The summed E-state index contributed by atoms with van der Waals surface area (Å²) < 4.78 is 0. The maximum Gasteiger partial charge on any atom is 0.190 e. The summed E-state index contributed by atoms with van der Waals surface area (Å²) in [4.78, 5) is 53.1. The van der Waals surface area contributed by atoms with Crippen molar-refractivity contribution in [3.8, 4) is 0 Å². The van der Waals surface area contributed by atoms with E-state index in [1.165, 1.54) is 0 Å². The Labute approximate surface area is 198 Å². The number of hydrogen-bond donors (Lipinski definition) is 0. The molecule has 0 N–H and O–H groups in total. The van der Waals surface area contributed by atoms with E-state index in [0.717, 1.165) is 36.8 Å². The quantitative estimate of drug-likeness (QED) is 0.530. The third-order valence-corrected chi connectivity index (χ3v) is 9.54. The first-order chi connectivity index (χ1) is 16.5. The molecule has 0 heterocycles. The zero-order chi connectivity index (χ0) is 23.1. The summed E-state index contributed by atoms with van der Waals surface area (Å²) in [6, 6.07) is 14.5. The Balaban J connectivity index is 1.18. The Kier molecular flexibility index (Phi) is 4.28. The molecule has 170 valence electrons. The van der Waals surface area contributed by atoms with Gasteiger partial charge >= 0.3 is 0 Å². The minimum Gasteiger partial charge on any atom is -0.294 e. The van der Waals surface area contributed by atoms with E-state index in [0.29, 0.717) is 58.8 Å². The predicted molar refractivity (Wildman–Crippen MR) is 126 cm³/mol. The van der Waals surface area contributed by atoms with Gasteiger partial charge in [0.25, 0.3) is 0 Å². The second-order valence-electron chi connectivity index (χ2n) is 11.0. The molecule has 2 aromatic rings. The minimum atomic E-state index is -0.205. The molecule has 2 aromatic carbocycles. The highest BCUT2D eigenvalue weighted by Gasteiger charge is 2.52. The van der Waals surface area contributed by atoms with E-state index in [9.17, 15) is 19.2 Å². The molecule has 6 atom stereocenters. The lowest BCUT2D eigenvalue weighted by Crippen LogP contribution is -2.47. The summed E-state index contributed by atoms with van der Waals surface area (Å²) in [5.41, 5.74) is 3.74. The Bertz CT molecular complexity index is 1230. The summed E-state index contributed by atoms with van der Waals surface area (Å²) in [6.07, 6.45) is 4.87. The fourth-order valence-electron chi connectivity index (χ4n) is 7.93. The average molecular weight is 451 g/mol. The molecule has 5 aliphatic rings. The van der Waals surface area contributed by atoms with E-state index in [4.69, 9.17) is 0 Å². The molecule has 6 unspecified atom stereocenters. The van der Waals surface area contributed by atoms with Crippen molar-refractivity contribution in [1.82, 2.24) is 0 Å². The number of carbonyl (C=O) groups excluding carboxylic acids is 4. The van der Waals surface area contributed by atoms with Crippen LogP contribution in [-0.2, 0) is 0 Å². The van der Waals surface area contributed by atoms with Crippen LogP contribution in [0, 0.1) is 35.5 Å². The van der Waals surface area contributed by atoms with Gasteiger partial charge in [-0.2, -0.15) is 0 Å². The number of carbonyl (C=O) groups is 4. The number of rotatable bonds is 0. The van der Waals surface area contributed by atoms with Gasteiger partial charge in [-0.1, -0.05) is 48.5 Å². The third kappa shape index (κ3) is 2.71. The van der Waals surface area contributed by atoms with E-state index < -0.39 is 0 Å². The van der Waals surface area contributed by atoms with E-state index in [-0.39, 0.29) is 35.0 Å².